The summed E-state index contributed by atoms with van der Waals surface area (Å²) in [5.41, 5.74) is 0.832. The molecule has 0 saturated carbocycles. The minimum absolute atomic E-state index is 0.310. The Kier molecular flexibility index (Phi) is 3.55. The van der Waals surface area contributed by atoms with Crippen LogP contribution >= 0.6 is 0 Å². The number of aromatic nitrogens is 4. The Morgan fingerprint density at radius 2 is 2.31 bits per heavy atom. The number of halogens is 1. The number of nitrogens with zero attached hydrogens (tertiary/aromatic N) is 4. The van der Waals surface area contributed by atoms with Crippen LogP contribution in [-0.4, -0.2) is 26.5 Å². The molecule has 0 fully saturated rings. The van der Waals surface area contributed by atoms with E-state index in [-0.39, 0.29) is 5.82 Å². The molecule has 1 N–H and O–H groups in total. The van der Waals surface area contributed by atoms with Gasteiger partial charge < -0.3 is 5.32 Å². The molecule has 2 rings (SSSR count). The lowest BCUT2D eigenvalue weighted by Crippen LogP contribution is -2.20. The van der Waals surface area contributed by atoms with Crippen molar-refractivity contribution < 1.29 is 4.39 Å². The maximum absolute atomic E-state index is 12.8. The van der Waals surface area contributed by atoms with E-state index < -0.39 is 0 Å². The van der Waals surface area contributed by atoms with Crippen molar-refractivity contribution in [3.63, 3.8) is 0 Å². The van der Waals surface area contributed by atoms with Crippen LogP contribution in [0, 0.1) is 5.82 Å². The van der Waals surface area contributed by atoms with Gasteiger partial charge in [-0.3, -0.25) is 9.67 Å². The lowest BCUT2D eigenvalue weighted by Gasteiger charge is -2.04. The summed E-state index contributed by atoms with van der Waals surface area (Å²) in [5.74, 6) is -0.310. The quantitative estimate of drug-likeness (QED) is 0.751. The molecule has 0 unspecified atom stereocenters. The predicted octanol–water partition coefficient (Wildman–Crippen LogP) is 0.602. The number of nitrogens with one attached hydrogen (secondary N) is 1. The topological polar surface area (TPSA) is 55.6 Å². The van der Waals surface area contributed by atoms with Crippen molar-refractivity contribution in [3.8, 4) is 0 Å². The van der Waals surface area contributed by atoms with Crippen LogP contribution in [0.15, 0.2) is 30.9 Å². The smallest absolute Gasteiger partial charge is 0.141 e. The maximum atomic E-state index is 12.8. The molecule has 84 valence electrons. The molecule has 0 atom stereocenters. The van der Waals surface area contributed by atoms with Gasteiger partial charge in [0.1, 0.15) is 5.82 Å². The molecular weight excluding hydrogens is 209 g/mol. The molecule has 16 heavy (non-hydrogen) atoms. The standard InChI is InChI=1S/C10H12FN5/c11-10-5-9(7-13-8-10)6-12-1-3-16-4-2-14-15-16/h2,4-5,7-8,12H,1,3,6H2. The summed E-state index contributed by atoms with van der Waals surface area (Å²) in [4.78, 5) is 3.77. The van der Waals surface area contributed by atoms with Crippen molar-refractivity contribution >= 4 is 0 Å². The molecule has 0 aliphatic heterocycles. The van der Waals surface area contributed by atoms with Gasteiger partial charge in [-0.2, -0.15) is 0 Å². The molecule has 6 heteroatoms. The van der Waals surface area contributed by atoms with Gasteiger partial charge in [-0.25, -0.2) is 4.39 Å². The summed E-state index contributed by atoms with van der Waals surface area (Å²) in [7, 11) is 0. The highest BCUT2D eigenvalue weighted by atomic mass is 19.1. The third-order valence-corrected chi connectivity index (χ3v) is 2.08. The van der Waals surface area contributed by atoms with Crippen LogP contribution in [-0.2, 0) is 13.1 Å². The zero-order valence-corrected chi connectivity index (χ0v) is 8.67. The molecule has 0 aliphatic carbocycles. The fraction of sp³-hybridized carbons (Fsp3) is 0.300. The van der Waals surface area contributed by atoms with E-state index in [1.165, 1.54) is 12.3 Å². The Morgan fingerprint density at radius 3 is 3.06 bits per heavy atom. The van der Waals surface area contributed by atoms with E-state index in [1.807, 2.05) is 0 Å². The van der Waals surface area contributed by atoms with Gasteiger partial charge in [0.05, 0.1) is 18.9 Å². The zero-order valence-electron chi connectivity index (χ0n) is 8.67. The molecule has 0 bridgehead atoms. The number of rotatable bonds is 5. The number of hydrogen-bond acceptors (Lipinski definition) is 4. The van der Waals surface area contributed by atoms with Gasteiger partial charge >= 0.3 is 0 Å². The van der Waals surface area contributed by atoms with Gasteiger partial charge in [-0.15, -0.1) is 5.10 Å². The number of hydrogen-bond donors (Lipinski definition) is 1. The number of pyridine rings is 1. The highest BCUT2D eigenvalue weighted by molar-refractivity contribution is 5.09. The van der Waals surface area contributed by atoms with Crippen LogP contribution in [0.4, 0.5) is 4.39 Å². The van der Waals surface area contributed by atoms with E-state index in [0.29, 0.717) is 6.54 Å². The van der Waals surface area contributed by atoms with Crippen LogP contribution < -0.4 is 5.32 Å². The largest absolute Gasteiger partial charge is 0.311 e. The average Bonchev–Trinajstić information content (AvgIpc) is 2.77. The van der Waals surface area contributed by atoms with E-state index in [1.54, 1.807) is 23.3 Å². The van der Waals surface area contributed by atoms with Gasteiger partial charge in [0.15, 0.2) is 0 Å². The Morgan fingerprint density at radius 1 is 1.38 bits per heavy atom. The van der Waals surface area contributed by atoms with Crippen molar-refractivity contribution in [2.75, 3.05) is 6.54 Å². The molecule has 5 nitrogen and oxygen atoms in total. The molecule has 2 aromatic heterocycles. The van der Waals surface area contributed by atoms with Crippen LogP contribution in [0.2, 0.25) is 0 Å². The maximum Gasteiger partial charge on any atom is 0.141 e. The van der Waals surface area contributed by atoms with Crippen molar-refractivity contribution in [1.82, 2.24) is 25.3 Å². The molecule has 0 amide bonds. The van der Waals surface area contributed by atoms with Gasteiger partial charge in [-0.05, 0) is 11.6 Å². The zero-order chi connectivity index (χ0) is 11.2. The third kappa shape index (κ3) is 3.09. The van der Waals surface area contributed by atoms with Crippen molar-refractivity contribution in [2.45, 2.75) is 13.1 Å². The highest BCUT2D eigenvalue weighted by Crippen LogP contribution is 1.99. The van der Waals surface area contributed by atoms with Crippen LogP contribution in [0.25, 0.3) is 0 Å². The van der Waals surface area contributed by atoms with Crippen LogP contribution in [0.3, 0.4) is 0 Å². The van der Waals surface area contributed by atoms with Crippen molar-refractivity contribution in [1.29, 1.82) is 0 Å². The van der Waals surface area contributed by atoms with E-state index in [9.17, 15) is 4.39 Å². The minimum Gasteiger partial charge on any atom is -0.311 e. The second kappa shape index (κ2) is 5.32. The summed E-state index contributed by atoms with van der Waals surface area (Å²) in [5, 5.41) is 10.7. The second-order valence-electron chi connectivity index (χ2n) is 3.35. The summed E-state index contributed by atoms with van der Waals surface area (Å²) in [6.45, 7) is 2.09. The Labute approximate surface area is 92.3 Å². The normalized spacial score (nSPS) is 10.6. The SMILES string of the molecule is Fc1cncc(CNCCn2ccnn2)c1. The first-order valence-corrected chi connectivity index (χ1v) is 4.99. The Bertz CT molecular complexity index is 429. The lowest BCUT2D eigenvalue weighted by molar-refractivity contribution is 0.538. The van der Waals surface area contributed by atoms with Gasteiger partial charge in [0, 0.05) is 25.5 Å². The summed E-state index contributed by atoms with van der Waals surface area (Å²) in [6, 6.07) is 1.47. The molecule has 0 saturated heterocycles. The van der Waals surface area contributed by atoms with Crippen LogP contribution in [0.5, 0.6) is 0 Å². The highest BCUT2D eigenvalue weighted by Gasteiger charge is 1.96. The third-order valence-electron chi connectivity index (χ3n) is 2.08. The summed E-state index contributed by atoms with van der Waals surface area (Å²) < 4.78 is 14.5. The molecule has 0 spiro atoms. The predicted molar refractivity (Wildman–Crippen MR) is 55.9 cm³/mol. The summed E-state index contributed by atoms with van der Waals surface area (Å²) >= 11 is 0. The van der Waals surface area contributed by atoms with E-state index in [0.717, 1.165) is 18.7 Å². The lowest BCUT2D eigenvalue weighted by atomic mass is 10.3. The second-order valence-corrected chi connectivity index (χ2v) is 3.35. The first kappa shape index (κ1) is 10.7. The molecule has 0 radical (unpaired) electrons. The first-order chi connectivity index (χ1) is 7.84. The molecule has 2 heterocycles. The van der Waals surface area contributed by atoms with Gasteiger partial charge in [0.25, 0.3) is 0 Å². The van der Waals surface area contributed by atoms with Gasteiger partial charge in [-0.1, -0.05) is 5.21 Å². The summed E-state index contributed by atoms with van der Waals surface area (Å²) in [6.07, 6.45) is 6.27. The fourth-order valence-electron chi connectivity index (χ4n) is 1.33. The Balaban J connectivity index is 1.72. The minimum atomic E-state index is -0.310. The van der Waals surface area contributed by atoms with E-state index in [4.69, 9.17) is 0 Å². The average molecular weight is 221 g/mol. The molecular formula is C10H12FN5. The van der Waals surface area contributed by atoms with E-state index in [2.05, 4.69) is 20.6 Å². The van der Waals surface area contributed by atoms with Gasteiger partial charge in [0.2, 0.25) is 0 Å². The molecule has 0 aliphatic rings. The fourth-order valence-corrected chi connectivity index (χ4v) is 1.33. The van der Waals surface area contributed by atoms with Crippen molar-refractivity contribution in [2.24, 2.45) is 0 Å². The Hall–Kier alpha value is -1.82. The van der Waals surface area contributed by atoms with Crippen molar-refractivity contribution in [3.05, 3.63) is 42.2 Å². The molecule has 0 aromatic carbocycles. The van der Waals surface area contributed by atoms with Crippen LogP contribution in [0.1, 0.15) is 5.56 Å². The first-order valence-electron chi connectivity index (χ1n) is 4.99. The molecule has 2 aromatic rings. The monoisotopic (exact) mass is 221 g/mol. The van der Waals surface area contributed by atoms with E-state index >= 15 is 0 Å².